The summed E-state index contributed by atoms with van der Waals surface area (Å²) in [5, 5.41) is 3.31. The molecule has 1 N–H and O–H groups in total. The maximum absolute atomic E-state index is 3.31. The Hall–Kier alpha value is 1.90. The van der Waals surface area contributed by atoms with Gasteiger partial charge in [0.15, 0.2) is 0 Å². The average molecular weight is 204 g/mol. The maximum Gasteiger partial charge on any atom is 2.00 e. The largest absolute Gasteiger partial charge is 2.00 e. The van der Waals surface area contributed by atoms with E-state index in [2.05, 4.69) is 33.0 Å². The van der Waals surface area contributed by atoms with Crippen LogP contribution in [0.3, 0.4) is 0 Å². The SMILES string of the molecule is CC(C)NC(C)C.[Cl-].[Cl-].[H-].[Li+].[Mg+2]. The van der Waals surface area contributed by atoms with Crippen LogP contribution in [0.1, 0.15) is 29.1 Å². The van der Waals surface area contributed by atoms with Crippen LogP contribution in [-0.4, -0.2) is 35.1 Å². The standard InChI is InChI=1S/C6H15N.2ClH.Li.Mg.H/c1-5(2)7-6(3)4;;;;;/h5-7H,1-4H3;2*1H;;;/q;;;+1;+2;-1/p-2. The van der Waals surface area contributed by atoms with E-state index in [0.717, 1.165) is 0 Å². The molecule has 62 valence electrons. The molecule has 0 radical (unpaired) electrons. The van der Waals surface area contributed by atoms with Gasteiger partial charge in [0.25, 0.3) is 0 Å². The second-order valence-electron chi connectivity index (χ2n) is 2.48. The van der Waals surface area contributed by atoms with Crippen molar-refractivity contribution in [3.8, 4) is 0 Å². The Morgan fingerprint density at radius 1 is 0.909 bits per heavy atom. The zero-order valence-corrected chi connectivity index (χ0v) is 11.0. The molecular formula is C6H16Cl2LiMgN. The van der Waals surface area contributed by atoms with Gasteiger partial charge in [-0.15, -0.1) is 0 Å². The first-order chi connectivity index (χ1) is 3.13. The molecule has 0 rings (SSSR count). The van der Waals surface area contributed by atoms with Crippen molar-refractivity contribution in [3.05, 3.63) is 0 Å². The molecular weight excluding hydrogens is 188 g/mol. The van der Waals surface area contributed by atoms with Crippen molar-refractivity contribution in [1.82, 2.24) is 5.32 Å². The summed E-state index contributed by atoms with van der Waals surface area (Å²) in [6, 6.07) is 1.25. The zero-order chi connectivity index (χ0) is 5.86. The topological polar surface area (TPSA) is 12.0 Å². The predicted octanol–water partition coefficient (Wildman–Crippen LogP) is -7.86. The van der Waals surface area contributed by atoms with Crippen LogP contribution in [0.2, 0.25) is 0 Å². The molecule has 5 heteroatoms. The number of nitrogens with one attached hydrogen (secondary N) is 1. The van der Waals surface area contributed by atoms with Gasteiger partial charge in [-0.2, -0.15) is 0 Å². The van der Waals surface area contributed by atoms with Crippen LogP contribution in [0.25, 0.3) is 0 Å². The van der Waals surface area contributed by atoms with E-state index < -0.39 is 0 Å². The summed E-state index contributed by atoms with van der Waals surface area (Å²) in [7, 11) is 0. The summed E-state index contributed by atoms with van der Waals surface area (Å²) < 4.78 is 0. The van der Waals surface area contributed by atoms with E-state index in [1.165, 1.54) is 0 Å². The first-order valence-corrected chi connectivity index (χ1v) is 2.89. The van der Waals surface area contributed by atoms with Crippen molar-refractivity contribution in [1.29, 1.82) is 0 Å². The van der Waals surface area contributed by atoms with Gasteiger partial charge in [-0.3, -0.25) is 0 Å². The fourth-order valence-corrected chi connectivity index (χ4v) is 0.667. The average Bonchev–Trinajstić information content (AvgIpc) is 1.27. The predicted molar refractivity (Wildman–Crippen MR) is 40.3 cm³/mol. The summed E-state index contributed by atoms with van der Waals surface area (Å²) >= 11 is 0. The number of rotatable bonds is 2. The molecule has 0 aromatic rings. The molecule has 1 nitrogen and oxygen atoms in total. The fourth-order valence-electron chi connectivity index (χ4n) is 0.667. The van der Waals surface area contributed by atoms with Crippen LogP contribution in [0.4, 0.5) is 0 Å². The summed E-state index contributed by atoms with van der Waals surface area (Å²) in [5.41, 5.74) is 0. The minimum Gasteiger partial charge on any atom is -1.00 e. The van der Waals surface area contributed by atoms with Gasteiger partial charge >= 0.3 is 41.9 Å². The second kappa shape index (κ2) is 17.9. The van der Waals surface area contributed by atoms with Crippen LogP contribution in [0, 0.1) is 0 Å². The summed E-state index contributed by atoms with van der Waals surface area (Å²) in [6.07, 6.45) is 0. The zero-order valence-electron chi connectivity index (χ0n) is 9.12. The van der Waals surface area contributed by atoms with E-state index in [4.69, 9.17) is 0 Å². The van der Waals surface area contributed by atoms with Crippen molar-refractivity contribution in [2.45, 2.75) is 39.8 Å². The molecule has 11 heavy (non-hydrogen) atoms. The van der Waals surface area contributed by atoms with Crippen LogP contribution < -0.4 is 49.0 Å². The molecule has 0 amide bonds. The van der Waals surface area contributed by atoms with E-state index in [1.807, 2.05) is 0 Å². The van der Waals surface area contributed by atoms with Gasteiger partial charge < -0.3 is 31.6 Å². The molecule has 0 aliphatic heterocycles. The molecule has 0 aliphatic carbocycles. The van der Waals surface area contributed by atoms with Crippen LogP contribution >= 0.6 is 0 Å². The number of hydrogen-bond donors (Lipinski definition) is 1. The minimum atomic E-state index is 0. The van der Waals surface area contributed by atoms with E-state index >= 15 is 0 Å². The molecule has 0 aromatic heterocycles. The Morgan fingerprint density at radius 3 is 1.09 bits per heavy atom. The number of halogens is 2. The third kappa shape index (κ3) is 33.5. The van der Waals surface area contributed by atoms with Crippen molar-refractivity contribution in [3.63, 3.8) is 0 Å². The van der Waals surface area contributed by atoms with Crippen LogP contribution in [-0.2, 0) is 0 Å². The quantitative estimate of drug-likeness (QED) is 0.441. The van der Waals surface area contributed by atoms with Gasteiger partial charge in [-0.1, -0.05) is 27.7 Å². The van der Waals surface area contributed by atoms with Gasteiger partial charge in [0.05, 0.1) is 0 Å². The molecule has 0 saturated heterocycles. The van der Waals surface area contributed by atoms with Gasteiger partial charge in [0.1, 0.15) is 0 Å². The van der Waals surface area contributed by atoms with Gasteiger partial charge in [-0.25, -0.2) is 0 Å². The van der Waals surface area contributed by atoms with Crippen LogP contribution in [0.15, 0.2) is 0 Å². The van der Waals surface area contributed by atoms with Crippen molar-refractivity contribution in [2.75, 3.05) is 0 Å². The summed E-state index contributed by atoms with van der Waals surface area (Å²) in [5.74, 6) is 0. The molecule has 0 heterocycles. The Bertz CT molecular complexity index is 54.8. The van der Waals surface area contributed by atoms with Gasteiger partial charge in [0.2, 0.25) is 0 Å². The maximum atomic E-state index is 3.31. The Labute approximate surface area is 112 Å². The minimum absolute atomic E-state index is 0. The first-order valence-electron chi connectivity index (χ1n) is 2.89. The van der Waals surface area contributed by atoms with Gasteiger partial charge in [0, 0.05) is 12.1 Å². The van der Waals surface area contributed by atoms with E-state index in [-0.39, 0.29) is 68.2 Å². The Morgan fingerprint density at radius 2 is 1.09 bits per heavy atom. The smallest absolute Gasteiger partial charge is 1.00 e. The normalized spacial score (nSPS) is 7.09. The third-order valence-electron chi connectivity index (χ3n) is 0.667. The first kappa shape index (κ1) is 29.3. The number of hydrogen-bond acceptors (Lipinski definition) is 1. The summed E-state index contributed by atoms with van der Waals surface area (Å²) in [6.45, 7) is 8.61. The molecule has 0 saturated carbocycles. The molecule has 0 unspecified atom stereocenters. The molecule has 0 atom stereocenters. The van der Waals surface area contributed by atoms with Crippen molar-refractivity contribution in [2.24, 2.45) is 0 Å². The van der Waals surface area contributed by atoms with Crippen LogP contribution in [0.5, 0.6) is 0 Å². The molecule has 0 spiro atoms. The molecule has 0 aromatic carbocycles. The Balaban J connectivity index is -0.0000000180. The molecule has 0 fully saturated rings. The van der Waals surface area contributed by atoms with Crippen molar-refractivity contribution < 1.29 is 45.1 Å². The second-order valence-corrected chi connectivity index (χ2v) is 2.48. The fraction of sp³-hybridized carbons (Fsp3) is 1.00. The third-order valence-corrected chi connectivity index (χ3v) is 0.667. The Kier molecular flexibility index (Phi) is 47.5. The van der Waals surface area contributed by atoms with Gasteiger partial charge in [-0.05, 0) is 0 Å². The van der Waals surface area contributed by atoms with E-state index in [1.54, 1.807) is 0 Å². The molecule has 0 bridgehead atoms. The molecule has 0 aliphatic rings. The monoisotopic (exact) mass is 203 g/mol. The van der Waals surface area contributed by atoms with E-state index in [9.17, 15) is 0 Å². The van der Waals surface area contributed by atoms with Crippen molar-refractivity contribution >= 4 is 23.1 Å². The summed E-state index contributed by atoms with van der Waals surface area (Å²) in [4.78, 5) is 0. The van der Waals surface area contributed by atoms with E-state index in [0.29, 0.717) is 12.1 Å².